The molecule has 1 aromatic heterocycles. The van der Waals surface area contributed by atoms with Crippen molar-refractivity contribution in [2.75, 3.05) is 11.5 Å². The summed E-state index contributed by atoms with van der Waals surface area (Å²) in [5.74, 6) is 5.46. The number of pyridine rings is 1. The van der Waals surface area contributed by atoms with E-state index in [-0.39, 0.29) is 22.8 Å². The molecule has 1 saturated heterocycles. The number of rotatable bonds is 3. The summed E-state index contributed by atoms with van der Waals surface area (Å²) in [4.78, 5) is 4.09. The lowest BCUT2D eigenvalue weighted by atomic mass is 10.2. The summed E-state index contributed by atoms with van der Waals surface area (Å²) in [6, 6.07) is 7.51. The molecule has 0 amide bonds. The lowest BCUT2D eigenvalue weighted by molar-refractivity contribution is 0.351. The van der Waals surface area contributed by atoms with E-state index in [4.69, 9.17) is 5.84 Å². The van der Waals surface area contributed by atoms with Gasteiger partial charge < -0.3 is 0 Å². The lowest BCUT2D eigenvalue weighted by Crippen LogP contribution is -2.46. The quantitative estimate of drug-likeness (QED) is 0.634. The van der Waals surface area contributed by atoms with Crippen LogP contribution < -0.4 is 5.84 Å². The second-order valence-electron chi connectivity index (χ2n) is 5.22. The summed E-state index contributed by atoms with van der Waals surface area (Å²) in [5.41, 5.74) is 0.321. The summed E-state index contributed by atoms with van der Waals surface area (Å²) in [6.07, 6.45) is 1.71. The number of para-hydroxylation sites is 1. The van der Waals surface area contributed by atoms with Crippen LogP contribution >= 0.6 is 0 Å². The third kappa shape index (κ3) is 2.60. The molecule has 9 heteroatoms. The molecule has 1 aliphatic heterocycles. The van der Waals surface area contributed by atoms with E-state index in [1.165, 1.54) is 12.3 Å². The highest BCUT2D eigenvalue weighted by molar-refractivity contribution is 7.92. The summed E-state index contributed by atoms with van der Waals surface area (Å²) in [5, 5.41) is 0.677. The predicted octanol–water partition coefficient (Wildman–Crippen LogP) is 0.286. The highest BCUT2D eigenvalue weighted by atomic mass is 32.2. The Morgan fingerprint density at radius 3 is 2.64 bits per heavy atom. The minimum absolute atomic E-state index is 0.0163. The second kappa shape index (κ2) is 5.27. The molecule has 0 bridgehead atoms. The zero-order chi connectivity index (χ0) is 16.0. The maximum Gasteiger partial charge on any atom is 0.258 e. The van der Waals surface area contributed by atoms with Crippen molar-refractivity contribution in [2.45, 2.75) is 17.4 Å². The molecule has 2 N–H and O–H groups in total. The number of hydrogen-bond donors (Lipinski definition) is 1. The molecule has 2 aromatic rings. The topological polar surface area (TPSA) is 110 Å². The molecule has 1 aromatic carbocycles. The first-order chi connectivity index (χ1) is 10.3. The summed E-state index contributed by atoms with van der Waals surface area (Å²) in [6.45, 7) is 0. The van der Waals surface area contributed by atoms with Crippen LogP contribution in [0.2, 0.25) is 0 Å². The van der Waals surface area contributed by atoms with Crippen LogP contribution in [0.5, 0.6) is 0 Å². The van der Waals surface area contributed by atoms with E-state index >= 15 is 0 Å². The second-order valence-corrected chi connectivity index (χ2v) is 9.26. The molecule has 0 saturated carbocycles. The fraction of sp³-hybridized carbons (Fsp3) is 0.308. The molecule has 0 spiro atoms. The van der Waals surface area contributed by atoms with Gasteiger partial charge in [-0.25, -0.2) is 16.8 Å². The van der Waals surface area contributed by atoms with Gasteiger partial charge >= 0.3 is 0 Å². The van der Waals surface area contributed by atoms with Crippen molar-refractivity contribution in [1.29, 1.82) is 0 Å². The third-order valence-electron chi connectivity index (χ3n) is 3.72. The number of nitrogens with two attached hydrogens (primary N) is 1. The van der Waals surface area contributed by atoms with Gasteiger partial charge in [0.1, 0.15) is 4.90 Å². The van der Waals surface area contributed by atoms with Gasteiger partial charge in [-0.1, -0.05) is 18.2 Å². The summed E-state index contributed by atoms with van der Waals surface area (Å²) >= 11 is 0. The predicted molar refractivity (Wildman–Crippen MR) is 82.0 cm³/mol. The van der Waals surface area contributed by atoms with Crippen LogP contribution in [0.1, 0.15) is 6.42 Å². The number of aromatic nitrogens is 1. The van der Waals surface area contributed by atoms with Crippen LogP contribution in [0.3, 0.4) is 0 Å². The first kappa shape index (κ1) is 15.3. The molecule has 0 radical (unpaired) electrons. The molecular formula is C13H15N3O4S2. The molecular weight excluding hydrogens is 326 g/mol. The Kier molecular flexibility index (Phi) is 3.68. The van der Waals surface area contributed by atoms with Gasteiger partial charge in [-0.15, -0.1) is 4.41 Å². The standard InChI is InChI=1S/C13H15N3O4S2/c14-16(11-6-8-21(17,18)9-11)22(19,20)12-5-1-3-10-4-2-7-15-13(10)12/h1-5,7,11H,6,8-9,14H2/t11-/m1/s1. The first-order valence-electron chi connectivity index (χ1n) is 6.64. The maximum absolute atomic E-state index is 12.7. The number of sulfonamides is 1. The van der Waals surface area contributed by atoms with Crippen molar-refractivity contribution in [1.82, 2.24) is 9.40 Å². The van der Waals surface area contributed by atoms with Crippen molar-refractivity contribution in [3.63, 3.8) is 0 Å². The smallest absolute Gasteiger partial charge is 0.255 e. The number of hydrogen-bond acceptors (Lipinski definition) is 6. The monoisotopic (exact) mass is 341 g/mol. The van der Waals surface area contributed by atoms with E-state index < -0.39 is 25.9 Å². The van der Waals surface area contributed by atoms with Gasteiger partial charge in [0.25, 0.3) is 10.0 Å². The van der Waals surface area contributed by atoms with E-state index in [0.717, 1.165) is 0 Å². The minimum atomic E-state index is -4.02. The average Bonchev–Trinajstić information content (AvgIpc) is 2.85. The highest BCUT2D eigenvalue weighted by Gasteiger charge is 2.37. The largest absolute Gasteiger partial charge is 0.258 e. The van der Waals surface area contributed by atoms with Crippen LogP contribution in [0.4, 0.5) is 0 Å². The van der Waals surface area contributed by atoms with Gasteiger partial charge in [-0.2, -0.15) is 0 Å². The van der Waals surface area contributed by atoms with Gasteiger partial charge in [0.15, 0.2) is 9.84 Å². The Hall–Kier alpha value is -1.55. The van der Waals surface area contributed by atoms with Gasteiger partial charge in [0, 0.05) is 11.6 Å². The fourth-order valence-corrected chi connectivity index (χ4v) is 5.84. The average molecular weight is 341 g/mol. The van der Waals surface area contributed by atoms with Crippen LogP contribution in [0, 0.1) is 0 Å². The van der Waals surface area contributed by atoms with E-state index in [2.05, 4.69) is 4.98 Å². The molecule has 0 unspecified atom stereocenters. The zero-order valence-electron chi connectivity index (χ0n) is 11.6. The van der Waals surface area contributed by atoms with E-state index in [9.17, 15) is 16.8 Å². The number of fused-ring (bicyclic) bond motifs is 1. The number of benzene rings is 1. The Morgan fingerprint density at radius 1 is 1.23 bits per heavy atom. The van der Waals surface area contributed by atoms with Gasteiger partial charge in [0.2, 0.25) is 0 Å². The van der Waals surface area contributed by atoms with Crippen molar-refractivity contribution in [3.8, 4) is 0 Å². The van der Waals surface area contributed by atoms with E-state index in [0.29, 0.717) is 15.3 Å². The molecule has 2 heterocycles. The van der Waals surface area contributed by atoms with E-state index in [1.54, 1.807) is 24.3 Å². The molecule has 1 fully saturated rings. The number of sulfone groups is 1. The fourth-order valence-electron chi connectivity index (χ4n) is 2.57. The van der Waals surface area contributed by atoms with Crippen molar-refractivity contribution in [2.24, 2.45) is 5.84 Å². The molecule has 7 nitrogen and oxygen atoms in total. The van der Waals surface area contributed by atoms with Crippen molar-refractivity contribution in [3.05, 3.63) is 36.5 Å². The van der Waals surface area contributed by atoms with Gasteiger partial charge in [0.05, 0.1) is 23.1 Å². The normalized spacial score (nSPS) is 21.5. The van der Waals surface area contributed by atoms with Crippen LogP contribution in [0.25, 0.3) is 10.9 Å². The van der Waals surface area contributed by atoms with Crippen molar-refractivity contribution >= 4 is 30.8 Å². The summed E-state index contributed by atoms with van der Waals surface area (Å²) < 4.78 is 49.2. The maximum atomic E-state index is 12.7. The zero-order valence-corrected chi connectivity index (χ0v) is 13.2. The molecule has 1 atom stereocenters. The Labute approximate surface area is 128 Å². The Bertz CT molecular complexity index is 920. The van der Waals surface area contributed by atoms with Gasteiger partial charge in [-0.05, 0) is 18.6 Å². The van der Waals surface area contributed by atoms with Gasteiger partial charge in [-0.3, -0.25) is 10.8 Å². The number of hydrazine groups is 1. The molecule has 0 aliphatic carbocycles. The highest BCUT2D eigenvalue weighted by Crippen LogP contribution is 2.26. The Morgan fingerprint density at radius 2 is 1.95 bits per heavy atom. The first-order valence-corrected chi connectivity index (χ1v) is 9.91. The summed E-state index contributed by atoms with van der Waals surface area (Å²) in [7, 11) is -7.24. The molecule has 22 heavy (non-hydrogen) atoms. The third-order valence-corrected chi connectivity index (χ3v) is 7.21. The van der Waals surface area contributed by atoms with Crippen LogP contribution in [-0.4, -0.2) is 43.8 Å². The lowest BCUT2D eigenvalue weighted by Gasteiger charge is -2.22. The Balaban J connectivity index is 2.05. The molecule has 3 rings (SSSR count). The van der Waals surface area contributed by atoms with E-state index in [1.807, 2.05) is 0 Å². The molecule has 118 valence electrons. The SMILES string of the molecule is NN([C@@H]1CCS(=O)(=O)C1)S(=O)(=O)c1cccc2cccnc12. The van der Waals surface area contributed by atoms with Crippen molar-refractivity contribution < 1.29 is 16.8 Å². The molecule has 1 aliphatic rings. The van der Waals surface area contributed by atoms with Crippen LogP contribution in [0.15, 0.2) is 41.4 Å². The minimum Gasteiger partial charge on any atom is -0.255 e. The number of nitrogens with zero attached hydrogens (tertiary/aromatic N) is 2. The van der Waals surface area contributed by atoms with Crippen LogP contribution in [-0.2, 0) is 19.9 Å².